The van der Waals surface area contributed by atoms with Crippen molar-refractivity contribution >= 4 is 0 Å². The average Bonchev–Trinajstić information content (AvgIpc) is 2.45. The van der Waals surface area contributed by atoms with Crippen LogP contribution in [0.5, 0.6) is 0 Å². The van der Waals surface area contributed by atoms with Gasteiger partial charge in [-0.15, -0.1) is 0 Å². The monoisotopic (exact) mass is 279 g/mol. The van der Waals surface area contributed by atoms with Crippen LogP contribution >= 0.6 is 0 Å². The van der Waals surface area contributed by atoms with Crippen molar-refractivity contribution in [2.24, 2.45) is 5.92 Å². The molecule has 0 aromatic heterocycles. The van der Waals surface area contributed by atoms with Gasteiger partial charge < -0.3 is 0 Å². The molecular weight excluding hydrogens is 254 g/mol. The molecule has 0 radical (unpaired) electrons. The molecule has 3 rings (SSSR count). The molecule has 0 bridgehead atoms. The van der Waals surface area contributed by atoms with E-state index in [1.54, 1.807) is 0 Å². The SMILES string of the molecule is Cc1ccc(CCC2CN(Cc3ccc(C)cc3)C2)cc1. The molecule has 1 aliphatic rings. The zero-order valence-electron chi connectivity index (χ0n) is 13.2. The standard InChI is InChI=1S/C20H25N/c1-16-3-7-18(8-4-16)11-12-20-14-21(15-20)13-19-9-5-17(2)6-10-19/h3-10,20H,11-15H2,1-2H3. The Hall–Kier alpha value is -1.60. The second kappa shape index (κ2) is 6.44. The van der Waals surface area contributed by atoms with Crippen molar-refractivity contribution in [3.8, 4) is 0 Å². The van der Waals surface area contributed by atoms with Crippen LogP contribution in [0.3, 0.4) is 0 Å². The predicted molar refractivity (Wildman–Crippen MR) is 89.4 cm³/mol. The normalized spacial score (nSPS) is 15.9. The lowest BCUT2D eigenvalue weighted by Gasteiger charge is -2.39. The van der Waals surface area contributed by atoms with Gasteiger partial charge in [-0.1, -0.05) is 59.7 Å². The summed E-state index contributed by atoms with van der Waals surface area (Å²) in [7, 11) is 0. The lowest BCUT2D eigenvalue weighted by molar-refractivity contribution is 0.0867. The molecule has 2 aromatic carbocycles. The van der Waals surface area contributed by atoms with Crippen molar-refractivity contribution in [2.45, 2.75) is 33.2 Å². The second-order valence-electron chi connectivity index (χ2n) is 6.57. The van der Waals surface area contributed by atoms with Crippen molar-refractivity contribution in [3.05, 3.63) is 70.8 Å². The second-order valence-corrected chi connectivity index (χ2v) is 6.57. The number of hydrogen-bond donors (Lipinski definition) is 0. The van der Waals surface area contributed by atoms with Crippen molar-refractivity contribution in [2.75, 3.05) is 13.1 Å². The summed E-state index contributed by atoms with van der Waals surface area (Å²) in [5.41, 5.74) is 5.63. The molecule has 0 atom stereocenters. The van der Waals surface area contributed by atoms with Gasteiger partial charge in [0.15, 0.2) is 0 Å². The fourth-order valence-corrected chi connectivity index (χ4v) is 3.07. The highest BCUT2D eigenvalue weighted by atomic mass is 15.2. The van der Waals surface area contributed by atoms with E-state index in [4.69, 9.17) is 0 Å². The molecule has 0 spiro atoms. The van der Waals surface area contributed by atoms with Gasteiger partial charge in [-0.3, -0.25) is 4.90 Å². The summed E-state index contributed by atoms with van der Waals surface area (Å²) in [5, 5.41) is 0. The van der Waals surface area contributed by atoms with E-state index in [0.29, 0.717) is 0 Å². The predicted octanol–water partition coefficient (Wildman–Crippen LogP) is 4.37. The Morgan fingerprint density at radius 1 is 0.810 bits per heavy atom. The molecule has 0 unspecified atom stereocenters. The summed E-state index contributed by atoms with van der Waals surface area (Å²) in [6.45, 7) is 7.94. The smallest absolute Gasteiger partial charge is 0.0233 e. The molecule has 0 saturated carbocycles. The van der Waals surface area contributed by atoms with Crippen LogP contribution in [0.2, 0.25) is 0 Å². The summed E-state index contributed by atoms with van der Waals surface area (Å²) in [4.78, 5) is 2.56. The first-order valence-electron chi connectivity index (χ1n) is 8.02. The number of rotatable bonds is 5. The minimum absolute atomic E-state index is 0.886. The molecule has 110 valence electrons. The molecule has 1 fully saturated rings. The Kier molecular flexibility index (Phi) is 4.40. The van der Waals surface area contributed by atoms with Crippen LogP contribution in [0.4, 0.5) is 0 Å². The van der Waals surface area contributed by atoms with Gasteiger partial charge in [-0.25, -0.2) is 0 Å². The number of benzene rings is 2. The average molecular weight is 279 g/mol. The molecule has 0 amide bonds. The largest absolute Gasteiger partial charge is 0.298 e. The summed E-state index contributed by atoms with van der Waals surface area (Å²) in [6.07, 6.45) is 2.55. The van der Waals surface area contributed by atoms with Gasteiger partial charge in [0.1, 0.15) is 0 Å². The molecule has 1 saturated heterocycles. The maximum atomic E-state index is 2.56. The Morgan fingerprint density at radius 3 is 1.90 bits per heavy atom. The Balaban J connectivity index is 1.39. The van der Waals surface area contributed by atoms with Gasteiger partial charge in [0, 0.05) is 19.6 Å². The van der Waals surface area contributed by atoms with E-state index >= 15 is 0 Å². The molecule has 21 heavy (non-hydrogen) atoms. The summed E-state index contributed by atoms with van der Waals surface area (Å²) < 4.78 is 0. The van der Waals surface area contributed by atoms with Gasteiger partial charge in [-0.2, -0.15) is 0 Å². The first-order chi connectivity index (χ1) is 10.2. The van der Waals surface area contributed by atoms with Crippen LogP contribution in [-0.4, -0.2) is 18.0 Å². The fourth-order valence-electron chi connectivity index (χ4n) is 3.07. The Bertz CT molecular complexity index is 562. The van der Waals surface area contributed by atoms with Crippen LogP contribution in [0.1, 0.15) is 28.7 Å². The minimum Gasteiger partial charge on any atom is -0.298 e. The van der Waals surface area contributed by atoms with Crippen molar-refractivity contribution in [1.29, 1.82) is 0 Å². The van der Waals surface area contributed by atoms with Gasteiger partial charge in [0.25, 0.3) is 0 Å². The van der Waals surface area contributed by atoms with Crippen LogP contribution < -0.4 is 0 Å². The fraction of sp³-hybridized carbons (Fsp3) is 0.400. The van der Waals surface area contributed by atoms with E-state index in [-0.39, 0.29) is 0 Å². The zero-order chi connectivity index (χ0) is 14.7. The topological polar surface area (TPSA) is 3.24 Å². The third kappa shape index (κ3) is 3.95. The molecule has 1 nitrogen and oxygen atoms in total. The van der Waals surface area contributed by atoms with E-state index in [1.165, 1.54) is 48.2 Å². The van der Waals surface area contributed by atoms with Crippen molar-refractivity contribution in [3.63, 3.8) is 0 Å². The number of nitrogens with zero attached hydrogens (tertiary/aromatic N) is 1. The van der Waals surface area contributed by atoms with Gasteiger partial charge in [0.05, 0.1) is 0 Å². The van der Waals surface area contributed by atoms with Crippen LogP contribution in [0, 0.1) is 19.8 Å². The lowest BCUT2D eigenvalue weighted by atomic mass is 9.92. The maximum Gasteiger partial charge on any atom is 0.0233 e. The highest BCUT2D eigenvalue weighted by Crippen LogP contribution is 2.23. The number of likely N-dealkylation sites (tertiary alicyclic amines) is 1. The molecule has 2 aromatic rings. The van der Waals surface area contributed by atoms with Gasteiger partial charge in [0.2, 0.25) is 0 Å². The minimum atomic E-state index is 0.886. The number of aryl methyl sites for hydroxylation is 3. The van der Waals surface area contributed by atoms with Gasteiger partial charge in [-0.05, 0) is 43.7 Å². The quantitative estimate of drug-likeness (QED) is 0.785. The van der Waals surface area contributed by atoms with E-state index in [2.05, 4.69) is 67.3 Å². The third-order valence-corrected chi connectivity index (χ3v) is 4.52. The molecule has 0 aliphatic carbocycles. The summed E-state index contributed by atoms with van der Waals surface area (Å²) >= 11 is 0. The lowest BCUT2D eigenvalue weighted by Crippen LogP contribution is -2.45. The van der Waals surface area contributed by atoms with E-state index < -0.39 is 0 Å². The highest BCUT2D eigenvalue weighted by molar-refractivity contribution is 5.22. The molecule has 1 heteroatoms. The summed E-state index contributed by atoms with van der Waals surface area (Å²) in [5.74, 6) is 0.886. The first-order valence-corrected chi connectivity index (χ1v) is 8.02. The Morgan fingerprint density at radius 2 is 1.33 bits per heavy atom. The third-order valence-electron chi connectivity index (χ3n) is 4.52. The van der Waals surface area contributed by atoms with Crippen LogP contribution in [0.15, 0.2) is 48.5 Å². The first kappa shape index (κ1) is 14.3. The zero-order valence-corrected chi connectivity index (χ0v) is 13.2. The van der Waals surface area contributed by atoms with Crippen molar-refractivity contribution in [1.82, 2.24) is 4.90 Å². The maximum absolute atomic E-state index is 2.56. The molecule has 0 N–H and O–H groups in total. The molecule has 1 heterocycles. The number of hydrogen-bond acceptors (Lipinski definition) is 1. The molecular formula is C20H25N. The molecule has 1 aliphatic heterocycles. The van der Waals surface area contributed by atoms with Crippen molar-refractivity contribution < 1.29 is 0 Å². The Labute approximate surface area is 128 Å². The van der Waals surface area contributed by atoms with Crippen LogP contribution in [-0.2, 0) is 13.0 Å². The van der Waals surface area contributed by atoms with E-state index in [0.717, 1.165) is 12.5 Å². The van der Waals surface area contributed by atoms with Gasteiger partial charge >= 0.3 is 0 Å². The van der Waals surface area contributed by atoms with E-state index in [1.807, 2.05) is 0 Å². The summed E-state index contributed by atoms with van der Waals surface area (Å²) in [6, 6.07) is 17.9. The van der Waals surface area contributed by atoms with E-state index in [9.17, 15) is 0 Å². The van der Waals surface area contributed by atoms with Crippen LogP contribution in [0.25, 0.3) is 0 Å². The highest BCUT2D eigenvalue weighted by Gasteiger charge is 2.25.